The van der Waals surface area contributed by atoms with Crippen molar-refractivity contribution in [2.75, 3.05) is 4.90 Å². The third-order valence-electron chi connectivity index (χ3n) is 7.10. The number of hydrogen-bond donors (Lipinski definition) is 0. The normalized spacial score (nSPS) is 29.2. The van der Waals surface area contributed by atoms with E-state index in [0.717, 1.165) is 39.3 Å². The fourth-order valence-electron chi connectivity index (χ4n) is 5.79. The lowest BCUT2D eigenvalue weighted by molar-refractivity contribution is -0.137. The fraction of sp³-hybridized carbons (Fsp3) is 0.200. The summed E-state index contributed by atoms with van der Waals surface area (Å²) in [7, 11) is 0. The second-order valence-corrected chi connectivity index (χ2v) is 11.6. The molecule has 0 unspecified atom stereocenters. The molecule has 1 heterocycles. The van der Waals surface area contributed by atoms with Crippen LogP contribution in [0.5, 0.6) is 0 Å². The summed E-state index contributed by atoms with van der Waals surface area (Å²) in [5.74, 6) is -2.85. The largest absolute Gasteiger partial charge is 0.417 e. The number of benzene rings is 3. The average molecular weight is 612 g/mol. The minimum atomic E-state index is -4.73. The Hall–Kier alpha value is -2.16. The first-order chi connectivity index (χ1) is 16.0. The summed E-state index contributed by atoms with van der Waals surface area (Å²) in [6, 6.07) is 18.2. The van der Waals surface area contributed by atoms with E-state index in [1.807, 2.05) is 48.5 Å². The Labute approximate surface area is 214 Å². The Balaban J connectivity index is 1.60. The number of imide groups is 1. The van der Waals surface area contributed by atoms with E-state index in [2.05, 4.69) is 31.9 Å². The molecule has 2 atom stereocenters. The molecule has 3 aromatic rings. The van der Waals surface area contributed by atoms with Crippen LogP contribution in [0.3, 0.4) is 0 Å². The van der Waals surface area contributed by atoms with Crippen LogP contribution in [-0.4, -0.2) is 11.8 Å². The first kappa shape index (κ1) is 22.3. The molecular formula is C25H13Br2ClF3NO2. The van der Waals surface area contributed by atoms with Gasteiger partial charge in [-0.15, -0.1) is 0 Å². The van der Waals surface area contributed by atoms with Gasteiger partial charge in [-0.1, -0.05) is 92.0 Å². The highest BCUT2D eigenvalue weighted by Gasteiger charge is 2.72. The van der Waals surface area contributed by atoms with Crippen molar-refractivity contribution in [1.82, 2.24) is 0 Å². The number of anilines is 1. The van der Waals surface area contributed by atoms with Crippen LogP contribution in [0, 0.1) is 11.8 Å². The number of amides is 2. The predicted molar refractivity (Wildman–Crippen MR) is 128 cm³/mol. The van der Waals surface area contributed by atoms with E-state index in [1.165, 1.54) is 6.07 Å². The zero-order valence-corrected chi connectivity index (χ0v) is 21.0. The van der Waals surface area contributed by atoms with Crippen molar-refractivity contribution < 1.29 is 22.8 Å². The average Bonchev–Trinajstić information content (AvgIpc) is 3.08. The Morgan fingerprint density at radius 3 is 1.56 bits per heavy atom. The molecule has 0 aromatic heterocycles. The van der Waals surface area contributed by atoms with Crippen LogP contribution in [0.25, 0.3) is 0 Å². The molecule has 3 aliphatic carbocycles. The number of carbonyl (C=O) groups is 2. The Kier molecular flexibility index (Phi) is 4.56. The lowest BCUT2D eigenvalue weighted by Gasteiger charge is -2.55. The summed E-state index contributed by atoms with van der Waals surface area (Å²) in [5, 5.41) is -0.499. The molecule has 7 rings (SSSR count). The number of rotatable bonds is 1. The van der Waals surface area contributed by atoms with Gasteiger partial charge in [0.1, 0.15) is 0 Å². The number of alkyl halides is 5. The van der Waals surface area contributed by atoms with E-state index in [-0.39, 0.29) is 5.69 Å². The number of hydrogen-bond acceptors (Lipinski definition) is 2. The van der Waals surface area contributed by atoms with E-state index in [9.17, 15) is 22.8 Å². The molecule has 1 fully saturated rings. The second kappa shape index (κ2) is 6.95. The van der Waals surface area contributed by atoms with Crippen molar-refractivity contribution in [3.63, 3.8) is 0 Å². The van der Waals surface area contributed by atoms with Gasteiger partial charge in [0.2, 0.25) is 11.8 Å². The van der Waals surface area contributed by atoms with Crippen LogP contribution < -0.4 is 4.90 Å². The summed E-state index contributed by atoms with van der Waals surface area (Å²) in [5.41, 5.74) is 2.15. The molecule has 0 saturated carbocycles. The molecule has 0 N–H and O–H groups in total. The Bertz CT molecular complexity index is 1300. The van der Waals surface area contributed by atoms with Crippen LogP contribution >= 0.6 is 43.5 Å². The first-order valence-corrected chi connectivity index (χ1v) is 12.3. The van der Waals surface area contributed by atoms with Crippen molar-refractivity contribution in [3.8, 4) is 0 Å². The Morgan fingerprint density at radius 1 is 0.765 bits per heavy atom. The van der Waals surface area contributed by atoms with E-state index < -0.39 is 49.1 Å². The van der Waals surface area contributed by atoms with E-state index in [1.54, 1.807) is 0 Å². The minimum Gasteiger partial charge on any atom is -0.274 e. The molecule has 3 nitrogen and oxygen atoms in total. The Morgan fingerprint density at radius 2 is 1.18 bits per heavy atom. The fourth-order valence-corrected chi connectivity index (χ4v) is 8.32. The van der Waals surface area contributed by atoms with Gasteiger partial charge >= 0.3 is 6.18 Å². The molecule has 3 aromatic carbocycles. The minimum absolute atomic E-state index is 0.152. The van der Waals surface area contributed by atoms with E-state index in [4.69, 9.17) is 11.6 Å². The maximum Gasteiger partial charge on any atom is 0.417 e. The lowest BCUT2D eigenvalue weighted by Crippen LogP contribution is -2.56. The van der Waals surface area contributed by atoms with Crippen molar-refractivity contribution >= 4 is 61.0 Å². The highest BCUT2D eigenvalue weighted by Crippen LogP contribution is 2.70. The van der Waals surface area contributed by atoms with Crippen LogP contribution in [0.4, 0.5) is 18.9 Å². The van der Waals surface area contributed by atoms with Gasteiger partial charge in [0, 0.05) is 0 Å². The molecule has 172 valence electrons. The SMILES string of the molecule is O=C1[C@H]2[C@H](C(=O)N1c1ccc(Cl)c(C(F)(F)F)c1)C1(Br)c3ccccc3C2(Br)c2ccccc21. The van der Waals surface area contributed by atoms with Gasteiger partial charge in [-0.2, -0.15) is 13.2 Å². The molecule has 34 heavy (non-hydrogen) atoms. The van der Waals surface area contributed by atoms with Gasteiger partial charge in [-0.05, 0) is 40.5 Å². The molecule has 2 amide bonds. The number of halogens is 6. The van der Waals surface area contributed by atoms with Gasteiger partial charge in [0.05, 0.1) is 36.8 Å². The predicted octanol–water partition coefficient (Wildman–Crippen LogP) is 6.77. The van der Waals surface area contributed by atoms with Gasteiger partial charge in [-0.25, -0.2) is 4.90 Å². The number of nitrogens with zero attached hydrogens (tertiary/aromatic N) is 1. The van der Waals surface area contributed by atoms with Crippen molar-refractivity contribution in [3.05, 3.63) is 99.6 Å². The monoisotopic (exact) mass is 609 g/mol. The van der Waals surface area contributed by atoms with Crippen LogP contribution in [0.1, 0.15) is 27.8 Å². The topological polar surface area (TPSA) is 37.4 Å². The van der Waals surface area contributed by atoms with Gasteiger partial charge in [0.15, 0.2) is 0 Å². The molecule has 0 radical (unpaired) electrons. The summed E-state index contributed by atoms with van der Waals surface area (Å²) < 4.78 is 38.6. The van der Waals surface area contributed by atoms with Crippen LogP contribution in [0.2, 0.25) is 5.02 Å². The zero-order valence-electron chi connectivity index (χ0n) is 17.0. The molecule has 0 spiro atoms. The summed E-state index contributed by atoms with van der Waals surface area (Å²) in [6.45, 7) is 0. The standard InChI is InChI=1S/C25H13Br2ClF3NO2/c26-23-13-5-1-2-6-14(13)24(27,16-8-4-3-7-15(16)23)20-19(23)21(33)32(22(20)34)12-9-10-18(28)17(11-12)25(29,30)31/h1-11,19-20H/t19-,20-,23?,24?/m1/s1. The maximum absolute atomic E-state index is 13.9. The van der Waals surface area contributed by atoms with Crippen LogP contribution in [0.15, 0.2) is 66.7 Å². The second-order valence-electron chi connectivity index (χ2n) is 8.64. The lowest BCUT2D eigenvalue weighted by atomic mass is 9.54. The molecular weight excluding hydrogens is 599 g/mol. The quantitative estimate of drug-likeness (QED) is 0.225. The van der Waals surface area contributed by atoms with Gasteiger partial charge < -0.3 is 0 Å². The van der Waals surface area contributed by atoms with Crippen molar-refractivity contribution in [1.29, 1.82) is 0 Å². The van der Waals surface area contributed by atoms with Gasteiger partial charge in [-0.3, -0.25) is 9.59 Å². The molecule has 9 heteroatoms. The highest BCUT2D eigenvalue weighted by molar-refractivity contribution is 9.10. The maximum atomic E-state index is 13.9. The van der Waals surface area contributed by atoms with Crippen molar-refractivity contribution in [2.45, 2.75) is 14.8 Å². The van der Waals surface area contributed by atoms with E-state index >= 15 is 0 Å². The number of carbonyl (C=O) groups excluding carboxylic acids is 2. The molecule has 4 aliphatic rings. The molecule has 2 bridgehead atoms. The summed E-state index contributed by atoms with van der Waals surface area (Å²) in [4.78, 5) is 28.7. The smallest absolute Gasteiger partial charge is 0.274 e. The summed E-state index contributed by atoms with van der Waals surface area (Å²) >= 11 is 13.5. The zero-order chi connectivity index (χ0) is 24.2. The summed E-state index contributed by atoms with van der Waals surface area (Å²) in [6.07, 6.45) is -4.73. The van der Waals surface area contributed by atoms with Crippen LogP contribution in [-0.2, 0) is 24.4 Å². The highest BCUT2D eigenvalue weighted by atomic mass is 79.9. The third kappa shape index (κ3) is 2.54. The van der Waals surface area contributed by atoms with E-state index in [0.29, 0.717) is 0 Å². The van der Waals surface area contributed by atoms with Gasteiger partial charge in [0.25, 0.3) is 0 Å². The third-order valence-corrected chi connectivity index (χ3v) is 10.1. The molecule has 1 aliphatic heterocycles. The van der Waals surface area contributed by atoms with Crippen molar-refractivity contribution in [2.24, 2.45) is 11.8 Å². The first-order valence-electron chi connectivity index (χ1n) is 10.3. The molecule has 1 saturated heterocycles.